The van der Waals surface area contributed by atoms with Gasteiger partial charge in [-0.05, 0) is 18.2 Å². The van der Waals surface area contributed by atoms with E-state index in [0.29, 0.717) is 43.4 Å². The number of nitrogens with one attached hydrogen (secondary N) is 1. The van der Waals surface area contributed by atoms with Crippen molar-refractivity contribution in [2.45, 2.75) is 4.90 Å². The van der Waals surface area contributed by atoms with Crippen molar-refractivity contribution in [3.05, 3.63) is 41.1 Å². The topological polar surface area (TPSA) is 120 Å². The molecule has 11 heteroatoms. The largest absolute Gasteiger partial charge is 0.419 e. The quantitative estimate of drug-likeness (QED) is 0.685. The van der Waals surface area contributed by atoms with Crippen molar-refractivity contribution in [3.63, 3.8) is 0 Å². The number of hydrogen-bond acceptors (Lipinski definition) is 8. The summed E-state index contributed by atoms with van der Waals surface area (Å²) >= 11 is 0. The standard InChI is InChI=1S/C16H17N5O5S/c1-20-13-8-12(2-3-14(13)26-16(20)22)27(23,24)19-11-9-17-15(18-10-11)21-4-6-25-7-5-21/h2-3,8-10,19H,4-7H2,1H3. The minimum Gasteiger partial charge on any atom is -0.408 e. The molecule has 10 nitrogen and oxygen atoms in total. The summed E-state index contributed by atoms with van der Waals surface area (Å²) in [6.45, 7) is 2.59. The number of aromatic nitrogens is 3. The molecule has 1 aromatic carbocycles. The summed E-state index contributed by atoms with van der Waals surface area (Å²) in [4.78, 5) is 22.0. The Morgan fingerprint density at radius 1 is 1.15 bits per heavy atom. The van der Waals surface area contributed by atoms with Gasteiger partial charge in [0.05, 0.1) is 41.7 Å². The maximum absolute atomic E-state index is 12.6. The Hall–Kier alpha value is -2.92. The Labute approximate surface area is 154 Å². The molecule has 3 heterocycles. The average Bonchev–Trinajstić information content (AvgIpc) is 2.96. The van der Waals surface area contributed by atoms with Crippen molar-refractivity contribution in [2.24, 2.45) is 7.05 Å². The Balaban J connectivity index is 1.57. The van der Waals surface area contributed by atoms with Gasteiger partial charge in [0.2, 0.25) is 5.95 Å². The average molecular weight is 391 g/mol. The molecule has 2 aromatic heterocycles. The van der Waals surface area contributed by atoms with E-state index >= 15 is 0 Å². The molecule has 3 aromatic rings. The zero-order chi connectivity index (χ0) is 19.0. The third-order valence-electron chi connectivity index (χ3n) is 4.26. The minimum atomic E-state index is -3.87. The highest BCUT2D eigenvalue weighted by Gasteiger charge is 2.18. The molecule has 0 unspecified atom stereocenters. The van der Waals surface area contributed by atoms with Crippen LogP contribution in [0.25, 0.3) is 11.1 Å². The first-order valence-corrected chi connectivity index (χ1v) is 9.69. The van der Waals surface area contributed by atoms with Crippen LogP contribution >= 0.6 is 0 Å². The Morgan fingerprint density at radius 2 is 1.85 bits per heavy atom. The predicted octanol–water partition coefficient (Wildman–Crippen LogP) is 0.559. The molecule has 0 atom stereocenters. The zero-order valence-corrected chi connectivity index (χ0v) is 15.3. The van der Waals surface area contributed by atoms with Gasteiger partial charge in [0.25, 0.3) is 10.0 Å². The van der Waals surface area contributed by atoms with Gasteiger partial charge in [-0.15, -0.1) is 0 Å². The van der Waals surface area contributed by atoms with E-state index in [1.54, 1.807) is 0 Å². The van der Waals surface area contributed by atoms with Gasteiger partial charge in [0.15, 0.2) is 5.58 Å². The highest BCUT2D eigenvalue weighted by atomic mass is 32.2. The maximum atomic E-state index is 12.6. The fourth-order valence-electron chi connectivity index (χ4n) is 2.79. The zero-order valence-electron chi connectivity index (χ0n) is 14.5. The first-order chi connectivity index (χ1) is 12.9. The first kappa shape index (κ1) is 17.5. The van der Waals surface area contributed by atoms with Crippen molar-refractivity contribution < 1.29 is 17.6 Å². The van der Waals surface area contributed by atoms with Gasteiger partial charge < -0.3 is 14.1 Å². The molecule has 1 aliphatic heterocycles. The van der Waals surface area contributed by atoms with E-state index in [1.165, 1.54) is 42.2 Å². The maximum Gasteiger partial charge on any atom is 0.419 e. The molecule has 0 aliphatic carbocycles. The number of nitrogens with zero attached hydrogens (tertiary/aromatic N) is 4. The molecule has 0 saturated carbocycles. The molecule has 1 N–H and O–H groups in total. The minimum absolute atomic E-state index is 0.00339. The molecular formula is C16H17N5O5S. The number of sulfonamides is 1. The van der Waals surface area contributed by atoms with Crippen LogP contribution in [-0.4, -0.2) is 49.3 Å². The van der Waals surface area contributed by atoms with Crippen LogP contribution in [0.3, 0.4) is 0 Å². The fraction of sp³-hybridized carbons (Fsp3) is 0.312. The first-order valence-electron chi connectivity index (χ1n) is 8.21. The summed E-state index contributed by atoms with van der Waals surface area (Å²) in [6, 6.07) is 4.20. The van der Waals surface area contributed by atoms with Crippen LogP contribution < -0.4 is 15.4 Å². The number of aryl methyl sites for hydroxylation is 1. The lowest BCUT2D eigenvalue weighted by molar-refractivity contribution is 0.122. The summed E-state index contributed by atoms with van der Waals surface area (Å²) in [5, 5.41) is 0. The van der Waals surface area contributed by atoms with Gasteiger partial charge in [0.1, 0.15) is 0 Å². The van der Waals surface area contributed by atoms with E-state index in [0.717, 1.165) is 0 Å². The lowest BCUT2D eigenvalue weighted by Gasteiger charge is -2.26. The predicted molar refractivity (Wildman–Crippen MR) is 97.3 cm³/mol. The van der Waals surface area contributed by atoms with Gasteiger partial charge in [-0.3, -0.25) is 9.29 Å². The highest BCUT2D eigenvalue weighted by Crippen LogP contribution is 2.21. The second kappa shape index (κ2) is 6.67. The van der Waals surface area contributed by atoms with Crippen molar-refractivity contribution in [2.75, 3.05) is 35.9 Å². The van der Waals surface area contributed by atoms with Crippen molar-refractivity contribution >= 4 is 32.8 Å². The second-order valence-corrected chi connectivity index (χ2v) is 7.72. The molecular weight excluding hydrogens is 374 g/mol. The van der Waals surface area contributed by atoms with Gasteiger partial charge >= 0.3 is 5.76 Å². The summed E-state index contributed by atoms with van der Waals surface area (Å²) in [5.74, 6) is -0.0318. The Morgan fingerprint density at radius 3 is 2.56 bits per heavy atom. The van der Waals surface area contributed by atoms with Gasteiger partial charge in [0, 0.05) is 20.1 Å². The van der Waals surface area contributed by atoms with Crippen LogP contribution in [0.5, 0.6) is 0 Å². The SMILES string of the molecule is Cn1c(=O)oc2ccc(S(=O)(=O)Nc3cnc(N4CCOCC4)nc3)cc21. The van der Waals surface area contributed by atoms with Gasteiger partial charge in [-0.1, -0.05) is 0 Å². The lowest BCUT2D eigenvalue weighted by atomic mass is 10.3. The molecule has 1 saturated heterocycles. The molecule has 4 rings (SSSR count). The normalized spacial score (nSPS) is 15.2. The van der Waals surface area contributed by atoms with E-state index in [1.807, 2.05) is 4.90 Å². The molecule has 0 radical (unpaired) electrons. The van der Waals surface area contributed by atoms with Crippen LogP contribution in [0.15, 0.2) is 44.7 Å². The number of anilines is 2. The molecule has 0 spiro atoms. The second-order valence-electron chi connectivity index (χ2n) is 6.03. The molecule has 142 valence electrons. The van der Waals surface area contributed by atoms with Crippen molar-refractivity contribution in [3.8, 4) is 0 Å². The number of benzene rings is 1. The van der Waals surface area contributed by atoms with Crippen LogP contribution in [0.2, 0.25) is 0 Å². The number of hydrogen-bond donors (Lipinski definition) is 1. The smallest absolute Gasteiger partial charge is 0.408 e. The number of ether oxygens (including phenoxy) is 1. The van der Waals surface area contributed by atoms with E-state index in [-0.39, 0.29) is 10.6 Å². The summed E-state index contributed by atoms with van der Waals surface area (Å²) < 4.78 is 39.3. The summed E-state index contributed by atoms with van der Waals surface area (Å²) in [6.07, 6.45) is 2.84. The summed E-state index contributed by atoms with van der Waals surface area (Å²) in [7, 11) is -2.36. The number of oxazole rings is 1. The highest BCUT2D eigenvalue weighted by molar-refractivity contribution is 7.92. The molecule has 1 aliphatic rings. The number of fused-ring (bicyclic) bond motifs is 1. The van der Waals surface area contributed by atoms with Crippen LogP contribution in [-0.2, 0) is 21.8 Å². The number of rotatable bonds is 4. The Bertz CT molecular complexity index is 1130. The molecule has 0 bridgehead atoms. The van der Waals surface area contributed by atoms with E-state index in [9.17, 15) is 13.2 Å². The van der Waals surface area contributed by atoms with Gasteiger partial charge in [-0.25, -0.2) is 23.2 Å². The van der Waals surface area contributed by atoms with Gasteiger partial charge in [-0.2, -0.15) is 0 Å². The monoisotopic (exact) mass is 391 g/mol. The lowest BCUT2D eigenvalue weighted by Crippen LogP contribution is -2.37. The number of morpholine rings is 1. The molecule has 1 fully saturated rings. The summed E-state index contributed by atoms with van der Waals surface area (Å²) in [5.41, 5.74) is 0.953. The fourth-order valence-corrected chi connectivity index (χ4v) is 3.84. The van der Waals surface area contributed by atoms with E-state index < -0.39 is 15.8 Å². The van der Waals surface area contributed by atoms with Crippen LogP contribution in [0, 0.1) is 0 Å². The van der Waals surface area contributed by atoms with Crippen LogP contribution in [0.4, 0.5) is 11.6 Å². The van der Waals surface area contributed by atoms with Crippen LogP contribution in [0.1, 0.15) is 0 Å². The third-order valence-corrected chi connectivity index (χ3v) is 5.64. The molecule has 27 heavy (non-hydrogen) atoms. The van der Waals surface area contributed by atoms with E-state index in [4.69, 9.17) is 9.15 Å². The van der Waals surface area contributed by atoms with E-state index in [2.05, 4.69) is 14.7 Å². The van der Waals surface area contributed by atoms with Crippen molar-refractivity contribution in [1.29, 1.82) is 0 Å². The molecule has 0 amide bonds. The van der Waals surface area contributed by atoms with Crippen molar-refractivity contribution in [1.82, 2.24) is 14.5 Å². The Kier molecular flexibility index (Phi) is 4.32. The third kappa shape index (κ3) is 3.38.